The Balaban J connectivity index is 1.38. The number of nitrogens with one attached hydrogen (secondary N) is 3. The summed E-state index contributed by atoms with van der Waals surface area (Å²) in [7, 11) is 0. The second-order valence-corrected chi connectivity index (χ2v) is 7.23. The molecule has 4 aromatic rings. The highest BCUT2D eigenvalue weighted by molar-refractivity contribution is 5.86. The number of anilines is 1. The van der Waals surface area contributed by atoms with Crippen molar-refractivity contribution in [2.75, 3.05) is 18.5 Å². The third-order valence-corrected chi connectivity index (χ3v) is 5.11. The molecule has 2 aromatic carbocycles. The third kappa shape index (κ3) is 5.03. The number of hydrogen-bond acceptors (Lipinski definition) is 4. The van der Waals surface area contributed by atoms with Gasteiger partial charge in [0.1, 0.15) is 11.6 Å². The number of halogens is 1. The van der Waals surface area contributed by atoms with Gasteiger partial charge in [0.25, 0.3) is 0 Å². The van der Waals surface area contributed by atoms with Crippen molar-refractivity contribution in [2.24, 2.45) is 0 Å². The Morgan fingerprint density at radius 1 is 1.19 bits per heavy atom. The van der Waals surface area contributed by atoms with Crippen LogP contribution in [0.25, 0.3) is 10.9 Å². The van der Waals surface area contributed by atoms with E-state index >= 15 is 0 Å². The normalized spacial score (nSPS) is 12.0. The molecule has 4 N–H and O–H groups in total. The first kappa shape index (κ1) is 20.5. The van der Waals surface area contributed by atoms with Crippen molar-refractivity contribution in [3.05, 3.63) is 78.0 Å². The second kappa shape index (κ2) is 9.34. The molecule has 4 rings (SSSR count). The Bertz CT molecular complexity index is 1140. The van der Waals surface area contributed by atoms with Crippen LogP contribution in [0.4, 0.5) is 10.3 Å². The Morgan fingerprint density at radius 2 is 2.03 bits per heavy atom. The van der Waals surface area contributed by atoms with Crippen LogP contribution in [-0.4, -0.2) is 39.2 Å². The number of fused-ring (bicyclic) bond motifs is 1. The third-order valence-electron chi connectivity index (χ3n) is 5.11. The Morgan fingerprint density at radius 3 is 2.77 bits per heavy atom. The largest absolute Gasteiger partial charge is 0.493 e. The molecular weight excluding hydrogens is 399 g/mol. The van der Waals surface area contributed by atoms with E-state index in [2.05, 4.69) is 20.3 Å². The monoisotopic (exact) mass is 422 g/mol. The topological polar surface area (TPSA) is 103 Å². The lowest BCUT2D eigenvalue weighted by Crippen LogP contribution is -2.14. The number of aromatic nitrogens is 3. The van der Waals surface area contributed by atoms with E-state index in [4.69, 9.17) is 4.74 Å². The summed E-state index contributed by atoms with van der Waals surface area (Å²) in [5.41, 5.74) is 2.34. The predicted molar refractivity (Wildman–Crippen MR) is 116 cm³/mol. The molecule has 8 heteroatoms. The van der Waals surface area contributed by atoms with Gasteiger partial charge in [0, 0.05) is 42.1 Å². The summed E-state index contributed by atoms with van der Waals surface area (Å²) in [4.78, 5) is 22.1. The number of rotatable bonds is 10. The predicted octanol–water partition coefficient (Wildman–Crippen LogP) is 4.32. The zero-order valence-corrected chi connectivity index (χ0v) is 16.8. The highest BCUT2D eigenvalue weighted by atomic mass is 19.1. The summed E-state index contributed by atoms with van der Waals surface area (Å²) in [5.74, 6) is -0.599. The van der Waals surface area contributed by atoms with Gasteiger partial charge in [-0.1, -0.05) is 12.1 Å². The maximum absolute atomic E-state index is 13.2. The zero-order valence-electron chi connectivity index (χ0n) is 16.8. The van der Waals surface area contributed by atoms with Crippen LogP contribution in [0.15, 0.2) is 61.1 Å². The van der Waals surface area contributed by atoms with E-state index in [-0.39, 0.29) is 5.82 Å². The molecule has 0 radical (unpaired) electrons. The van der Waals surface area contributed by atoms with Crippen LogP contribution in [0.2, 0.25) is 0 Å². The molecule has 0 amide bonds. The molecule has 0 aliphatic heterocycles. The number of aliphatic carboxylic acids is 1. The maximum atomic E-state index is 13.2. The van der Waals surface area contributed by atoms with Crippen molar-refractivity contribution >= 4 is 22.8 Å². The van der Waals surface area contributed by atoms with E-state index in [9.17, 15) is 14.3 Å². The standard InChI is InChI=1S/C23H23FN4O3/c24-17-4-2-15(3-5-17)20(22(29)30)12-16-14-28-21-13-18(6-7-19(16)21)31-11-1-8-25-23-26-9-10-27-23/h2-7,9-10,13-14,20,28H,1,8,11-12H2,(H,29,30)(H2,25,26,27). The van der Waals surface area contributed by atoms with Gasteiger partial charge in [-0.3, -0.25) is 4.79 Å². The van der Waals surface area contributed by atoms with Gasteiger partial charge >= 0.3 is 5.97 Å². The van der Waals surface area contributed by atoms with Crippen LogP contribution < -0.4 is 10.1 Å². The van der Waals surface area contributed by atoms with Crippen molar-refractivity contribution in [1.29, 1.82) is 0 Å². The molecule has 0 fully saturated rings. The summed E-state index contributed by atoms with van der Waals surface area (Å²) in [5, 5.41) is 13.8. The van der Waals surface area contributed by atoms with E-state index in [0.717, 1.165) is 41.1 Å². The molecule has 0 aliphatic rings. The number of carboxylic acids is 1. The fourth-order valence-electron chi connectivity index (χ4n) is 3.52. The smallest absolute Gasteiger partial charge is 0.311 e. The van der Waals surface area contributed by atoms with Gasteiger partial charge in [0.05, 0.1) is 12.5 Å². The molecule has 1 atom stereocenters. The van der Waals surface area contributed by atoms with Gasteiger partial charge < -0.3 is 25.1 Å². The van der Waals surface area contributed by atoms with Gasteiger partial charge in [-0.15, -0.1) is 0 Å². The highest BCUT2D eigenvalue weighted by Crippen LogP contribution is 2.28. The number of H-pyrrole nitrogens is 2. The Hall–Kier alpha value is -3.81. The molecule has 0 saturated carbocycles. The van der Waals surface area contributed by atoms with Gasteiger partial charge in [-0.05, 0) is 48.2 Å². The van der Waals surface area contributed by atoms with E-state index < -0.39 is 11.9 Å². The number of aromatic amines is 2. The van der Waals surface area contributed by atoms with Gasteiger partial charge in [-0.25, -0.2) is 9.37 Å². The summed E-state index contributed by atoms with van der Waals surface area (Å²) in [6, 6.07) is 11.3. The average Bonchev–Trinajstić information content (AvgIpc) is 3.42. The fourth-order valence-corrected chi connectivity index (χ4v) is 3.52. The number of carbonyl (C=O) groups is 1. The SMILES string of the molecule is O=C(O)C(Cc1c[nH]c2cc(OCCCNc3ncc[nH]3)ccc12)c1ccc(F)cc1. The molecule has 0 aliphatic carbocycles. The first-order valence-electron chi connectivity index (χ1n) is 10.0. The number of ether oxygens (including phenoxy) is 1. The van der Waals surface area contributed by atoms with Crippen LogP contribution >= 0.6 is 0 Å². The number of carboxylic acid groups (broad SMARTS) is 1. The van der Waals surface area contributed by atoms with E-state index in [0.29, 0.717) is 18.6 Å². The average molecular weight is 422 g/mol. The first-order chi connectivity index (χ1) is 15.1. The summed E-state index contributed by atoms with van der Waals surface area (Å²) < 4.78 is 19.0. The molecule has 0 bridgehead atoms. The second-order valence-electron chi connectivity index (χ2n) is 7.23. The van der Waals surface area contributed by atoms with Gasteiger partial charge in [0.2, 0.25) is 0 Å². The van der Waals surface area contributed by atoms with Crippen LogP contribution in [0, 0.1) is 5.82 Å². The quantitative estimate of drug-likeness (QED) is 0.285. The minimum absolute atomic E-state index is 0.305. The van der Waals surface area contributed by atoms with Crippen molar-refractivity contribution in [3.63, 3.8) is 0 Å². The maximum Gasteiger partial charge on any atom is 0.311 e. The van der Waals surface area contributed by atoms with Crippen LogP contribution in [-0.2, 0) is 11.2 Å². The lowest BCUT2D eigenvalue weighted by Gasteiger charge is -2.12. The lowest BCUT2D eigenvalue weighted by atomic mass is 9.92. The minimum Gasteiger partial charge on any atom is -0.493 e. The van der Waals surface area contributed by atoms with Gasteiger partial charge in [-0.2, -0.15) is 0 Å². The molecule has 1 unspecified atom stereocenters. The molecule has 7 nitrogen and oxygen atoms in total. The van der Waals surface area contributed by atoms with E-state index in [1.54, 1.807) is 12.4 Å². The summed E-state index contributed by atoms with van der Waals surface area (Å²) >= 11 is 0. The molecule has 31 heavy (non-hydrogen) atoms. The number of nitrogens with zero attached hydrogens (tertiary/aromatic N) is 1. The number of imidazole rings is 1. The Labute approximate surface area is 178 Å². The summed E-state index contributed by atoms with van der Waals surface area (Å²) in [6.07, 6.45) is 6.39. The lowest BCUT2D eigenvalue weighted by molar-refractivity contribution is -0.138. The molecular formula is C23H23FN4O3. The van der Waals surface area contributed by atoms with Crippen molar-refractivity contribution < 1.29 is 19.0 Å². The fraction of sp³-hybridized carbons (Fsp3) is 0.217. The van der Waals surface area contributed by atoms with Crippen molar-refractivity contribution in [3.8, 4) is 5.75 Å². The van der Waals surface area contributed by atoms with Crippen LogP contribution in [0.3, 0.4) is 0 Å². The van der Waals surface area contributed by atoms with Crippen molar-refractivity contribution in [2.45, 2.75) is 18.8 Å². The highest BCUT2D eigenvalue weighted by Gasteiger charge is 2.22. The minimum atomic E-state index is -0.941. The molecule has 2 heterocycles. The number of benzene rings is 2. The molecule has 0 saturated heterocycles. The summed E-state index contributed by atoms with van der Waals surface area (Å²) in [6.45, 7) is 1.29. The molecule has 160 valence electrons. The first-order valence-corrected chi connectivity index (χ1v) is 10.0. The van der Waals surface area contributed by atoms with Crippen LogP contribution in [0.1, 0.15) is 23.5 Å². The van der Waals surface area contributed by atoms with Crippen molar-refractivity contribution in [1.82, 2.24) is 15.0 Å². The number of hydrogen-bond donors (Lipinski definition) is 4. The van der Waals surface area contributed by atoms with Gasteiger partial charge in [0.15, 0.2) is 5.95 Å². The van der Waals surface area contributed by atoms with E-state index in [1.165, 1.54) is 24.3 Å². The van der Waals surface area contributed by atoms with E-state index in [1.807, 2.05) is 24.4 Å². The zero-order chi connectivity index (χ0) is 21.6. The molecule has 2 aromatic heterocycles. The molecule has 0 spiro atoms. The van der Waals surface area contributed by atoms with Crippen LogP contribution in [0.5, 0.6) is 5.75 Å². The Kier molecular flexibility index (Phi) is 6.16.